The smallest absolute Gasteiger partial charge is 0.224 e. The highest BCUT2D eigenvalue weighted by Gasteiger charge is 2.10. The minimum atomic E-state index is -3.04. The van der Waals surface area contributed by atoms with Gasteiger partial charge >= 0.3 is 0 Å². The van der Waals surface area contributed by atoms with Crippen molar-refractivity contribution in [1.29, 1.82) is 0 Å². The lowest BCUT2D eigenvalue weighted by Crippen LogP contribution is -2.31. The van der Waals surface area contributed by atoms with Crippen LogP contribution in [0.3, 0.4) is 0 Å². The Balaban J connectivity index is 2.48. The van der Waals surface area contributed by atoms with Crippen molar-refractivity contribution < 1.29 is 13.2 Å². The van der Waals surface area contributed by atoms with Gasteiger partial charge < -0.3 is 11.1 Å². The molecular weight excluding hydrogens is 264 g/mol. The molecule has 1 amide bonds. The topological polar surface area (TPSA) is 89.3 Å². The van der Waals surface area contributed by atoms with Gasteiger partial charge in [0.15, 0.2) is 9.84 Å². The number of sulfone groups is 1. The molecule has 0 radical (unpaired) electrons. The van der Waals surface area contributed by atoms with E-state index in [0.717, 1.165) is 11.1 Å². The Kier molecular flexibility index (Phi) is 5.98. The predicted molar refractivity (Wildman–Crippen MR) is 75.4 cm³/mol. The number of rotatable bonds is 7. The van der Waals surface area contributed by atoms with Crippen LogP contribution in [-0.2, 0) is 27.6 Å². The van der Waals surface area contributed by atoms with Crippen LogP contribution in [0.25, 0.3) is 0 Å². The molecule has 1 aromatic carbocycles. The highest BCUT2D eigenvalue weighted by molar-refractivity contribution is 7.91. The summed E-state index contributed by atoms with van der Waals surface area (Å²) in [4.78, 5) is 11.7. The third-order valence-electron chi connectivity index (χ3n) is 2.86. The Labute approximate surface area is 114 Å². The van der Waals surface area contributed by atoms with Gasteiger partial charge in [0, 0.05) is 18.8 Å². The molecule has 3 N–H and O–H groups in total. The van der Waals surface area contributed by atoms with E-state index in [-0.39, 0.29) is 30.4 Å². The molecule has 1 rings (SSSR count). The number of amides is 1. The van der Waals surface area contributed by atoms with E-state index in [0.29, 0.717) is 6.54 Å². The molecule has 0 aliphatic rings. The van der Waals surface area contributed by atoms with Gasteiger partial charge in [-0.25, -0.2) is 8.42 Å². The summed E-state index contributed by atoms with van der Waals surface area (Å²) in [6.07, 6.45) is 0.222. The second-order valence-corrected chi connectivity index (χ2v) is 6.71. The fraction of sp³-hybridized carbons (Fsp3) is 0.462. The molecule has 19 heavy (non-hydrogen) atoms. The van der Waals surface area contributed by atoms with Gasteiger partial charge in [-0.3, -0.25) is 4.79 Å². The third kappa shape index (κ3) is 5.40. The summed E-state index contributed by atoms with van der Waals surface area (Å²) in [5, 5.41) is 2.61. The minimum Gasteiger partial charge on any atom is -0.355 e. The van der Waals surface area contributed by atoms with Crippen molar-refractivity contribution in [1.82, 2.24) is 5.32 Å². The highest BCUT2D eigenvalue weighted by Crippen LogP contribution is 2.08. The number of hydrogen-bond acceptors (Lipinski definition) is 4. The van der Waals surface area contributed by atoms with Gasteiger partial charge in [-0.15, -0.1) is 0 Å². The fourth-order valence-electron chi connectivity index (χ4n) is 1.65. The van der Waals surface area contributed by atoms with E-state index in [4.69, 9.17) is 5.73 Å². The maximum atomic E-state index is 11.7. The van der Waals surface area contributed by atoms with Crippen LogP contribution in [0.2, 0.25) is 0 Å². The number of carbonyl (C=O) groups is 1. The van der Waals surface area contributed by atoms with Gasteiger partial charge in [0.25, 0.3) is 0 Å². The zero-order valence-electron chi connectivity index (χ0n) is 11.1. The summed E-state index contributed by atoms with van der Waals surface area (Å²) in [7, 11) is -3.04. The van der Waals surface area contributed by atoms with Gasteiger partial charge in [-0.1, -0.05) is 31.2 Å². The molecule has 106 valence electrons. The second-order valence-electron chi connectivity index (χ2n) is 4.24. The summed E-state index contributed by atoms with van der Waals surface area (Å²) >= 11 is 0. The Morgan fingerprint density at radius 1 is 1.26 bits per heavy atom. The summed E-state index contributed by atoms with van der Waals surface area (Å²) < 4.78 is 22.5. The van der Waals surface area contributed by atoms with Crippen molar-refractivity contribution in [2.45, 2.75) is 19.9 Å². The fourth-order valence-corrected chi connectivity index (χ4v) is 2.36. The van der Waals surface area contributed by atoms with Crippen LogP contribution >= 0.6 is 0 Å². The average Bonchev–Trinajstić information content (AvgIpc) is 2.39. The third-order valence-corrected chi connectivity index (χ3v) is 4.57. The van der Waals surface area contributed by atoms with Crippen LogP contribution in [0.5, 0.6) is 0 Å². The van der Waals surface area contributed by atoms with Crippen LogP contribution in [-0.4, -0.2) is 32.4 Å². The molecule has 0 aliphatic carbocycles. The Bertz CT molecular complexity index is 526. The highest BCUT2D eigenvalue weighted by atomic mass is 32.2. The first-order chi connectivity index (χ1) is 8.98. The second kappa shape index (κ2) is 7.25. The molecule has 0 fully saturated rings. The minimum absolute atomic E-state index is 0.0201. The molecule has 0 unspecified atom stereocenters. The molecular formula is C13H20N2O3S. The van der Waals surface area contributed by atoms with Crippen molar-refractivity contribution in [3.05, 3.63) is 35.4 Å². The molecule has 0 saturated heterocycles. The number of carbonyl (C=O) groups excluding carboxylic acids is 1. The van der Waals surface area contributed by atoms with Gasteiger partial charge in [0.05, 0.1) is 12.2 Å². The van der Waals surface area contributed by atoms with Crippen molar-refractivity contribution in [3.8, 4) is 0 Å². The molecule has 6 heteroatoms. The Hall–Kier alpha value is -1.40. The lowest BCUT2D eigenvalue weighted by atomic mass is 10.0. The Morgan fingerprint density at radius 3 is 2.47 bits per heavy atom. The first-order valence-electron chi connectivity index (χ1n) is 6.22. The summed E-state index contributed by atoms with van der Waals surface area (Å²) in [5.41, 5.74) is 7.40. The van der Waals surface area contributed by atoms with E-state index in [9.17, 15) is 13.2 Å². The number of nitrogens with two attached hydrogens (primary N) is 1. The maximum Gasteiger partial charge on any atom is 0.224 e. The molecule has 0 aliphatic heterocycles. The quantitative estimate of drug-likeness (QED) is 0.750. The molecule has 0 atom stereocenters. The number of nitrogens with one attached hydrogen (secondary N) is 1. The monoisotopic (exact) mass is 284 g/mol. The average molecular weight is 284 g/mol. The lowest BCUT2D eigenvalue weighted by Gasteiger charge is -2.08. The predicted octanol–water partition coefficient (Wildman–Crippen LogP) is 0.239. The largest absolute Gasteiger partial charge is 0.355 e. The summed E-state index contributed by atoms with van der Waals surface area (Å²) in [6, 6.07) is 7.45. The standard InChI is InChI=1S/C13H20N2O3S/c1-2-19(17,18)8-7-15-13(16)9-11-5-3-4-6-12(11)10-14/h3-6H,2,7-10,14H2,1H3,(H,15,16). The van der Waals surface area contributed by atoms with E-state index < -0.39 is 9.84 Å². The van der Waals surface area contributed by atoms with E-state index in [1.165, 1.54) is 0 Å². The van der Waals surface area contributed by atoms with Gasteiger partial charge in [-0.05, 0) is 11.1 Å². The van der Waals surface area contributed by atoms with Crippen molar-refractivity contribution >= 4 is 15.7 Å². The van der Waals surface area contributed by atoms with Gasteiger partial charge in [0.2, 0.25) is 5.91 Å². The van der Waals surface area contributed by atoms with Crippen LogP contribution in [0.4, 0.5) is 0 Å². The van der Waals surface area contributed by atoms with Gasteiger partial charge in [-0.2, -0.15) is 0 Å². The molecule has 0 heterocycles. The zero-order valence-corrected chi connectivity index (χ0v) is 11.9. The molecule has 0 aromatic heterocycles. The first kappa shape index (κ1) is 15.7. The van der Waals surface area contributed by atoms with Crippen molar-refractivity contribution in [2.24, 2.45) is 5.73 Å². The number of hydrogen-bond donors (Lipinski definition) is 2. The molecule has 1 aromatic rings. The van der Waals surface area contributed by atoms with E-state index >= 15 is 0 Å². The van der Waals surface area contributed by atoms with Crippen molar-refractivity contribution in [2.75, 3.05) is 18.1 Å². The van der Waals surface area contributed by atoms with Crippen LogP contribution < -0.4 is 11.1 Å². The lowest BCUT2D eigenvalue weighted by molar-refractivity contribution is -0.120. The zero-order chi connectivity index (χ0) is 14.3. The SMILES string of the molecule is CCS(=O)(=O)CCNC(=O)Cc1ccccc1CN. The van der Waals surface area contributed by atoms with Crippen LogP contribution in [0, 0.1) is 0 Å². The molecule has 0 spiro atoms. The summed E-state index contributed by atoms with van der Waals surface area (Å²) in [6.45, 7) is 2.13. The Morgan fingerprint density at radius 2 is 1.89 bits per heavy atom. The van der Waals surface area contributed by atoms with Crippen LogP contribution in [0.15, 0.2) is 24.3 Å². The van der Waals surface area contributed by atoms with E-state index in [2.05, 4.69) is 5.32 Å². The van der Waals surface area contributed by atoms with E-state index in [1.54, 1.807) is 6.92 Å². The normalized spacial score (nSPS) is 11.3. The molecule has 0 bridgehead atoms. The number of benzene rings is 1. The summed E-state index contributed by atoms with van der Waals surface area (Å²) in [5.74, 6) is -0.112. The molecule has 5 nitrogen and oxygen atoms in total. The van der Waals surface area contributed by atoms with Gasteiger partial charge in [0.1, 0.15) is 0 Å². The van der Waals surface area contributed by atoms with Crippen LogP contribution in [0.1, 0.15) is 18.1 Å². The van der Waals surface area contributed by atoms with E-state index in [1.807, 2.05) is 24.3 Å². The van der Waals surface area contributed by atoms with Crippen molar-refractivity contribution in [3.63, 3.8) is 0 Å². The molecule has 0 saturated carbocycles. The first-order valence-corrected chi connectivity index (χ1v) is 8.04. The maximum absolute atomic E-state index is 11.7.